The second-order valence-corrected chi connectivity index (χ2v) is 5.95. The molecule has 0 heterocycles. The van der Waals surface area contributed by atoms with Crippen molar-refractivity contribution < 1.29 is 17.5 Å². The van der Waals surface area contributed by atoms with Crippen LogP contribution in [0.25, 0.3) is 0 Å². The summed E-state index contributed by atoms with van der Waals surface area (Å²) in [6, 6.07) is 0. The van der Waals surface area contributed by atoms with E-state index in [9.17, 15) is 8.42 Å². The molecule has 1 unspecified atom stereocenters. The van der Waals surface area contributed by atoms with E-state index in [0.717, 1.165) is 37.0 Å². The van der Waals surface area contributed by atoms with Crippen LogP contribution in [0.2, 0.25) is 0 Å². The van der Waals surface area contributed by atoms with E-state index in [1.54, 1.807) is 0 Å². The number of unbranched alkanes of at least 4 members (excludes halogenated alkanes) is 1. The van der Waals surface area contributed by atoms with Crippen molar-refractivity contribution in [3.63, 3.8) is 0 Å². The summed E-state index contributed by atoms with van der Waals surface area (Å²) in [5.74, 6) is -0.108. The standard InChI is InChI=1S/C10H23NO3S/c1-4-8-11(3,5-2)9-6-7-10-15(12,13)14/h4-10H2,1-3H3/p+1. The number of nitrogens with zero attached hydrogens (tertiary/aromatic N) is 1. The number of quaternary nitrogens is 1. The van der Waals surface area contributed by atoms with Crippen LogP contribution in [-0.2, 0) is 10.1 Å². The Labute approximate surface area is 93.6 Å². The van der Waals surface area contributed by atoms with E-state index in [-0.39, 0.29) is 5.75 Å². The lowest BCUT2D eigenvalue weighted by Gasteiger charge is -2.33. The molecule has 15 heavy (non-hydrogen) atoms. The molecule has 0 aromatic carbocycles. The Morgan fingerprint density at radius 2 is 1.73 bits per heavy atom. The first-order valence-corrected chi connectivity index (χ1v) is 7.22. The molecule has 0 aliphatic rings. The first-order valence-electron chi connectivity index (χ1n) is 5.61. The zero-order valence-electron chi connectivity index (χ0n) is 10.1. The molecule has 0 aromatic rings. The predicted octanol–water partition coefficient (Wildman–Crippen LogP) is 1.53. The normalized spacial score (nSPS) is 16.3. The fourth-order valence-electron chi connectivity index (χ4n) is 1.75. The summed E-state index contributed by atoms with van der Waals surface area (Å²) in [6.45, 7) is 7.49. The molecule has 0 bridgehead atoms. The molecule has 5 heteroatoms. The molecule has 0 saturated carbocycles. The molecule has 0 rings (SSSR count). The third kappa shape index (κ3) is 7.76. The highest BCUT2D eigenvalue weighted by Crippen LogP contribution is 2.07. The van der Waals surface area contributed by atoms with Crippen LogP contribution in [-0.4, -0.2) is 49.9 Å². The Morgan fingerprint density at radius 3 is 2.13 bits per heavy atom. The highest BCUT2D eigenvalue weighted by atomic mass is 32.2. The molecular weight excluding hydrogens is 214 g/mol. The highest BCUT2D eigenvalue weighted by Gasteiger charge is 2.17. The van der Waals surface area contributed by atoms with Gasteiger partial charge in [-0.15, -0.1) is 0 Å². The third-order valence-electron chi connectivity index (χ3n) is 2.88. The predicted molar refractivity (Wildman–Crippen MR) is 62.4 cm³/mol. The molecule has 1 atom stereocenters. The summed E-state index contributed by atoms with van der Waals surface area (Å²) in [5, 5.41) is 0. The van der Waals surface area contributed by atoms with Gasteiger partial charge in [0.15, 0.2) is 0 Å². The van der Waals surface area contributed by atoms with Gasteiger partial charge in [0.25, 0.3) is 10.1 Å². The van der Waals surface area contributed by atoms with Crippen LogP contribution in [0, 0.1) is 0 Å². The molecule has 0 radical (unpaired) electrons. The maximum atomic E-state index is 10.5. The monoisotopic (exact) mass is 238 g/mol. The highest BCUT2D eigenvalue weighted by molar-refractivity contribution is 7.85. The zero-order chi connectivity index (χ0) is 11.9. The summed E-state index contributed by atoms with van der Waals surface area (Å²) < 4.78 is 30.6. The van der Waals surface area contributed by atoms with E-state index in [0.29, 0.717) is 6.42 Å². The van der Waals surface area contributed by atoms with Gasteiger partial charge in [0, 0.05) is 0 Å². The summed E-state index contributed by atoms with van der Waals surface area (Å²) in [7, 11) is -1.58. The first-order chi connectivity index (χ1) is 6.83. The van der Waals surface area contributed by atoms with Crippen molar-refractivity contribution in [3.05, 3.63) is 0 Å². The fourth-order valence-corrected chi connectivity index (χ4v) is 2.31. The van der Waals surface area contributed by atoms with Crippen molar-refractivity contribution in [3.8, 4) is 0 Å². The van der Waals surface area contributed by atoms with Gasteiger partial charge in [-0.3, -0.25) is 4.55 Å². The molecule has 92 valence electrons. The number of hydrogen-bond acceptors (Lipinski definition) is 2. The smallest absolute Gasteiger partial charge is 0.264 e. The Bertz CT molecular complexity index is 264. The van der Waals surface area contributed by atoms with Gasteiger partial charge in [0.2, 0.25) is 0 Å². The van der Waals surface area contributed by atoms with Gasteiger partial charge < -0.3 is 4.48 Å². The van der Waals surface area contributed by atoms with Gasteiger partial charge in [-0.25, -0.2) is 0 Å². The molecule has 0 amide bonds. The Morgan fingerprint density at radius 1 is 1.13 bits per heavy atom. The van der Waals surface area contributed by atoms with Gasteiger partial charge in [-0.05, 0) is 26.2 Å². The minimum Gasteiger partial charge on any atom is -0.326 e. The van der Waals surface area contributed by atoms with Crippen LogP contribution in [0.4, 0.5) is 0 Å². The molecular formula is C10H24NO3S+. The second kappa shape index (κ2) is 6.45. The van der Waals surface area contributed by atoms with E-state index < -0.39 is 10.1 Å². The van der Waals surface area contributed by atoms with E-state index in [2.05, 4.69) is 20.9 Å². The zero-order valence-corrected chi connectivity index (χ0v) is 10.9. The van der Waals surface area contributed by atoms with Crippen LogP contribution >= 0.6 is 0 Å². The second-order valence-electron chi connectivity index (χ2n) is 4.38. The van der Waals surface area contributed by atoms with E-state index >= 15 is 0 Å². The van der Waals surface area contributed by atoms with Crippen LogP contribution in [0.15, 0.2) is 0 Å². The topological polar surface area (TPSA) is 54.4 Å². The van der Waals surface area contributed by atoms with E-state index in [1.165, 1.54) is 0 Å². The average Bonchev–Trinajstić information content (AvgIpc) is 2.12. The Kier molecular flexibility index (Phi) is 6.40. The SMILES string of the molecule is CCC[N+](C)(CC)CCCCS(=O)(=O)O. The lowest BCUT2D eigenvalue weighted by molar-refractivity contribution is -0.908. The molecule has 0 spiro atoms. The van der Waals surface area contributed by atoms with Crippen LogP contribution in [0.1, 0.15) is 33.1 Å². The molecule has 0 aliphatic carbocycles. The van der Waals surface area contributed by atoms with Gasteiger partial charge in [0.05, 0.1) is 32.4 Å². The van der Waals surface area contributed by atoms with Gasteiger partial charge >= 0.3 is 0 Å². The quantitative estimate of drug-likeness (QED) is 0.396. The van der Waals surface area contributed by atoms with Crippen molar-refractivity contribution in [2.75, 3.05) is 32.4 Å². The molecule has 0 aliphatic heterocycles. The average molecular weight is 238 g/mol. The summed E-state index contributed by atoms with van der Waals surface area (Å²) in [4.78, 5) is 0. The van der Waals surface area contributed by atoms with E-state index in [4.69, 9.17) is 4.55 Å². The summed E-state index contributed by atoms with van der Waals surface area (Å²) >= 11 is 0. The lowest BCUT2D eigenvalue weighted by Crippen LogP contribution is -2.45. The van der Waals surface area contributed by atoms with Crippen LogP contribution in [0.3, 0.4) is 0 Å². The van der Waals surface area contributed by atoms with Crippen molar-refractivity contribution in [2.24, 2.45) is 0 Å². The lowest BCUT2D eigenvalue weighted by atomic mass is 10.2. The van der Waals surface area contributed by atoms with Gasteiger partial charge in [0.1, 0.15) is 0 Å². The minimum absolute atomic E-state index is 0.108. The van der Waals surface area contributed by atoms with Gasteiger partial charge in [-0.2, -0.15) is 8.42 Å². The molecule has 0 aromatic heterocycles. The number of hydrogen-bond donors (Lipinski definition) is 1. The van der Waals surface area contributed by atoms with Crippen molar-refractivity contribution in [1.82, 2.24) is 0 Å². The largest absolute Gasteiger partial charge is 0.326 e. The fraction of sp³-hybridized carbons (Fsp3) is 1.00. The summed E-state index contributed by atoms with van der Waals surface area (Å²) in [6.07, 6.45) is 2.54. The third-order valence-corrected chi connectivity index (χ3v) is 3.68. The molecule has 0 fully saturated rings. The molecule has 1 N–H and O–H groups in total. The first kappa shape index (κ1) is 14.9. The Hall–Kier alpha value is -0.130. The molecule has 4 nitrogen and oxygen atoms in total. The van der Waals surface area contributed by atoms with Crippen molar-refractivity contribution >= 4 is 10.1 Å². The molecule has 0 saturated heterocycles. The minimum atomic E-state index is -3.77. The van der Waals surface area contributed by atoms with Crippen LogP contribution < -0.4 is 0 Å². The Balaban J connectivity index is 3.82. The van der Waals surface area contributed by atoms with Gasteiger partial charge in [-0.1, -0.05) is 6.92 Å². The van der Waals surface area contributed by atoms with Crippen molar-refractivity contribution in [1.29, 1.82) is 0 Å². The van der Waals surface area contributed by atoms with Crippen molar-refractivity contribution in [2.45, 2.75) is 33.1 Å². The van der Waals surface area contributed by atoms with Crippen LogP contribution in [0.5, 0.6) is 0 Å². The maximum absolute atomic E-state index is 10.5. The summed E-state index contributed by atoms with van der Waals surface area (Å²) in [5.41, 5.74) is 0. The maximum Gasteiger partial charge on any atom is 0.264 e. The van der Waals surface area contributed by atoms with E-state index in [1.807, 2.05) is 0 Å². The number of rotatable bonds is 8.